The van der Waals surface area contributed by atoms with Gasteiger partial charge in [-0.25, -0.2) is 4.39 Å². The van der Waals surface area contributed by atoms with Gasteiger partial charge in [0.1, 0.15) is 40.2 Å². The lowest BCUT2D eigenvalue weighted by Gasteiger charge is -2.14. The second-order valence-electron chi connectivity index (χ2n) is 10.4. The summed E-state index contributed by atoms with van der Waals surface area (Å²) in [6.07, 6.45) is 0. The normalized spacial score (nSPS) is 11.2. The fraction of sp³-hybridized carbons (Fsp3) is 0. The number of hydrogen-bond donors (Lipinski definition) is 0. The van der Waals surface area contributed by atoms with Gasteiger partial charge in [0.2, 0.25) is 11.3 Å². The molecule has 0 unspecified atom stereocenters. The average molecular weight is 571 g/mol. The van der Waals surface area contributed by atoms with Crippen molar-refractivity contribution in [1.29, 1.82) is 10.5 Å². The van der Waals surface area contributed by atoms with Crippen LogP contribution in [0.25, 0.3) is 65.4 Å². The van der Waals surface area contributed by atoms with Crippen LogP contribution in [0.5, 0.6) is 11.5 Å². The molecule has 1 heterocycles. The van der Waals surface area contributed by atoms with E-state index in [4.69, 9.17) is 13.6 Å². The molecule has 0 N–H and O–H groups in total. The predicted octanol–water partition coefficient (Wildman–Crippen LogP) is 10.6. The lowest BCUT2D eigenvalue weighted by Crippen LogP contribution is -1.98. The summed E-state index contributed by atoms with van der Waals surface area (Å²) in [6, 6.07) is 40.2. The molecule has 7 aromatic carbocycles. The maximum Gasteiger partial charge on any atom is 0.216 e. The van der Waals surface area contributed by atoms with Gasteiger partial charge in [-0.2, -0.15) is 10.5 Å². The van der Waals surface area contributed by atoms with Crippen LogP contribution in [0.2, 0.25) is 0 Å². The third kappa shape index (κ3) is 3.83. The second kappa shape index (κ2) is 9.87. The van der Waals surface area contributed by atoms with Gasteiger partial charge in [-0.05, 0) is 56.6 Å². The first-order valence-electron chi connectivity index (χ1n) is 13.9. The van der Waals surface area contributed by atoms with Gasteiger partial charge in [0.15, 0.2) is 11.4 Å². The standard InChI is InChI=1S/C38H19FN2O3/c39-35-29(20-40)30(21-41)36-38(37(35)42-26-16-13-22-7-1-2-10-25(22)19-26)44-32-18-15-24-9-4-6-12-28(24)34(32)33-27-11-5-3-8-23(27)14-17-31(33)43-36/h1-19H. The predicted molar refractivity (Wildman–Crippen MR) is 170 cm³/mol. The fourth-order valence-electron chi connectivity index (χ4n) is 5.90. The first-order valence-corrected chi connectivity index (χ1v) is 13.9. The molecule has 1 aromatic heterocycles. The van der Waals surface area contributed by atoms with E-state index < -0.39 is 11.4 Å². The van der Waals surface area contributed by atoms with Crippen LogP contribution in [-0.2, 0) is 0 Å². The molecule has 0 bridgehead atoms. The molecule has 0 atom stereocenters. The van der Waals surface area contributed by atoms with Crippen LogP contribution >= 0.6 is 0 Å². The van der Waals surface area contributed by atoms with Crippen LogP contribution < -0.4 is 4.74 Å². The van der Waals surface area contributed by atoms with E-state index in [2.05, 4.69) is 0 Å². The number of ether oxygens (including phenoxy) is 1. The summed E-state index contributed by atoms with van der Waals surface area (Å²) < 4.78 is 35.5. The molecule has 0 spiro atoms. The minimum Gasteiger partial charge on any atom is -0.451 e. The van der Waals surface area contributed by atoms with Crippen molar-refractivity contribution >= 4 is 65.4 Å². The number of hydrogen-bond acceptors (Lipinski definition) is 5. The summed E-state index contributed by atoms with van der Waals surface area (Å²) in [4.78, 5) is 0. The zero-order valence-electron chi connectivity index (χ0n) is 23.0. The first-order chi connectivity index (χ1) is 21.6. The molecule has 0 aliphatic heterocycles. The van der Waals surface area contributed by atoms with Gasteiger partial charge in [-0.1, -0.05) is 91.0 Å². The van der Waals surface area contributed by atoms with E-state index in [-0.39, 0.29) is 22.5 Å². The zero-order valence-corrected chi connectivity index (χ0v) is 23.0. The number of nitrogens with zero attached hydrogens (tertiary/aromatic N) is 2. The zero-order chi connectivity index (χ0) is 29.8. The van der Waals surface area contributed by atoms with Crippen molar-refractivity contribution in [1.82, 2.24) is 0 Å². The third-order valence-electron chi connectivity index (χ3n) is 7.93. The Morgan fingerprint density at radius 2 is 1.07 bits per heavy atom. The Hall–Kier alpha value is -6.37. The molecular weight excluding hydrogens is 551 g/mol. The maximum absolute atomic E-state index is 16.2. The Morgan fingerprint density at radius 1 is 0.545 bits per heavy atom. The van der Waals surface area contributed by atoms with Crippen molar-refractivity contribution in [3.63, 3.8) is 0 Å². The Labute approximate surface area is 249 Å². The average Bonchev–Trinajstić information content (AvgIpc) is 3.06. The van der Waals surface area contributed by atoms with E-state index in [1.165, 1.54) is 0 Å². The van der Waals surface area contributed by atoms with Crippen LogP contribution in [0.3, 0.4) is 0 Å². The van der Waals surface area contributed by atoms with Gasteiger partial charge >= 0.3 is 0 Å². The monoisotopic (exact) mass is 570 g/mol. The van der Waals surface area contributed by atoms with Gasteiger partial charge in [0.05, 0.1) is 0 Å². The van der Waals surface area contributed by atoms with Crippen molar-refractivity contribution in [3.05, 3.63) is 132 Å². The van der Waals surface area contributed by atoms with Crippen molar-refractivity contribution in [3.8, 4) is 23.6 Å². The lowest BCUT2D eigenvalue weighted by molar-refractivity contribution is 0.435. The summed E-state index contributed by atoms with van der Waals surface area (Å²) in [6.45, 7) is 0. The largest absolute Gasteiger partial charge is 0.451 e. The van der Waals surface area contributed by atoms with E-state index in [1.54, 1.807) is 12.1 Å². The number of halogens is 1. The molecule has 8 rings (SSSR count). The van der Waals surface area contributed by atoms with Crippen LogP contribution in [0.1, 0.15) is 11.1 Å². The highest BCUT2D eigenvalue weighted by molar-refractivity contribution is 6.24. The van der Waals surface area contributed by atoms with Gasteiger partial charge in [0, 0.05) is 10.8 Å². The number of benzene rings is 7. The highest BCUT2D eigenvalue weighted by Gasteiger charge is 2.26. The first kappa shape index (κ1) is 25.3. The fourth-order valence-corrected chi connectivity index (χ4v) is 5.90. The molecular formula is C38H19FN2O3. The summed E-state index contributed by atoms with van der Waals surface area (Å²) >= 11 is 0. The lowest BCUT2D eigenvalue weighted by atomic mass is 9.98. The highest BCUT2D eigenvalue weighted by Crippen LogP contribution is 2.42. The molecule has 0 radical (unpaired) electrons. The molecule has 8 aromatic rings. The van der Waals surface area contributed by atoms with Crippen LogP contribution in [0.15, 0.2) is 124 Å². The summed E-state index contributed by atoms with van der Waals surface area (Å²) in [5, 5.41) is 27.4. The molecule has 0 saturated heterocycles. The van der Waals surface area contributed by atoms with E-state index >= 15 is 4.39 Å². The second-order valence-corrected chi connectivity index (χ2v) is 10.4. The Morgan fingerprint density at radius 3 is 1.68 bits per heavy atom. The molecule has 0 aliphatic rings. The van der Waals surface area contributed by atoms with E-state index in [9.17, 15) is 10.5 Å². The van der Waals surface area contributed by atoms with E-state index in [0.29, 0.717) is 16.9 Å². The minimum atomic E-state index is -1.01. The summed E-state index contributed by atoms with van der Waals surface area (Å²) in [5.41, 5.74) is -0.170. The van der Waals surface area contributed by atoms with Crippen LogP contribution in [-0.4, -0.2) is 0 Å². The third-order valence-corrected chi connectivity index (χ3v) is 7.93. The number of nitriles is 2. The molecule has 0 fully saturated rings. The highest BCUT2D eigenvalue weighted by atomic mass is 19.1. The molecule has 0 aliphatic carbocycles. The molecule has 206 valence electrons. The minimum absolute atomic E-state index is 0.100. The molecule has 6 heteroatoms. The Kier molecular flexibility index (Phi) is 5.69. The Bertz CT molecular complexity index is 2640. The van der Waals surface area contributed by atoms with Crippen molar-refractivity contribution in [2.45, 2.75) is 0 Å². The quantitative estimate of drug-likeness (QED) is 0.206. The van der Waals surface area contributed by atoms with Gasteiger partial charge in [-0.3, -0.25) is 0 Å². The molecule has 44 heavy (non-hydrogen) atoms. The summed E-state index contributed by atoms with van der Waals surface area (Å²) in [7, 11) is 0. The van der Waals surface area contributed by atoms with Crippen LogP contribution in [0.4, 0.5) is 4.39 Å². The molecule has 5 nitrogen and oxygen atoms in total. The van der Waals surface area contributed by atoms with Gasteiger partial charge in [-0.15, -0.1) is 0 Å². The smallest absolute Gasteiger partial charge is 0.216 e. The summed E-state index contributed by atoms with van der Waals surface area (Å²) in [5.74, 6) is -1.04. The Balaban J connectivity index is 1.59. The number of rotatable bonds is 2. The van der Waals surface area contributed by atoms with Crippen molar-refractivity contribution in [2.24, 2.45) is 0 Å². The molecule has 0 saturated carbocycles. The van der Waals surface area contributed by atoms with E-state index in [1.807, 2.05) is 115 Å². The van der Waals surface area contributed by atoms with Gasteiger partial charge < -0.3 is 13.6 Å². The number of fused-ring (bicyclic) bond motifs is 9. The molecule has 0 amide bonds. The van der Waals surface area contributed by atoms with Crippen molar-refractivity contribution in [2.75, 3.05) is 0 Å². The maximum atomic E-state index is 16.2. The van der Waals surface area contributed by atoms with Crippen LogP contribution in [0, 0.1) is 28.5 Å². The van der Waals surface area contributed by atoms with E-state index in [0.717, 1.165) is 43.1 Å². The van der Waals surface area contributed by atoms with Crippen molar-refractivity contribution < 1.29 is 18.0 Å². The van der Waals surface area contributed by atoms with Gasteiger partial charge in [0.25, 0.3) is 0 Å². The SMILES string of the molecule is N#Cc1c(F)c(Oc2ccc3ccccc3c2)c2oc3ccc4ccccc4c3c3c(ccc4ccccc43)oc2c1C#N. The topological polar surface area (TPSA) is 83.1 Å².